The summed E-state index contributed by atoms with van der Waals surface area (Å²) in [6.07, 6.45) is 3.59. The minimum Gasteiger partial charge on any atom is -0.348 e. The number of amides is 1. The molecule has 0 fully saturated rings. The highest BCUT2D eigenvalue weighted by atomic mass is 32.2. The van der Waals surface area contributed by atoms with E-state index in [0.717, 1.165) is 27.5 Å². The summed E-state index contributed by atoms with van der Waals surface area (Å²) in [7, 11) is 0. The number of hydrogen-bond acceptors (Lipinski definition) is 4. The molecule has 0 saturated heterocycles. The number of benzene rings is 3. The van der Waals surface area contributed by atoms with Crippen molar-refractivity contribution in [3.05, 3.63) is 125 Å². The molecule has 2 heterocycles. The van der Waals surface area contributed by atoms with Gasteiger partial charge < -0.3 is 9.88 Å². The quantitative estimate of drug-likeness (QED) is 0.262. The fourth-order valence-electron chi connectivity index (χ4n) is 3.91. The van der Waals surface area contributed by atoms with E-state index < -0.39 is 0 Å². The van der Waals surface area contributed by atoms with E-state index in [1.54, 1.807) is 48.3 Å². The Hall–Kier alpha value is -3.97. The Balaban J connectivity index is 1.30. The van der Waals surface area contributed by atoms with Crippen LogP contribution in [-0.2, 0) is 18.8 Å². The second-order valence-corrected chi connectivity index (χ2v) is 9.53. The first-order chi connectivity index (χ1) is 17.6. The fourth-order valence-corrected chi connectivity index (χ4v) is 4.88. The van der Waals surface area contributed by atoms with Crippen LogP contribution in [0.1, 0.15) is 32.6 Å². The Morgan fingerprint density at radius 2 is 1.72 bits per heavy atom. The third-order valence-corrected chi connectivity index (χ3v) is 7.01. The maximum Gasteiger partial charge on any atom is 0.251 e. The van der Waals surface area contributed by atoms with E-state index in [9.17, 15) is 9.18 Å². The van der Waals surface area contributed by atoms with Crippen LogP contribution in [0.2, 0.25) is 0 Å². The van der Waals surface area contributed by atoms with Crippen molar-refractivity contribution < 1.29 is 9.18 Å². The molecule has 36 heavy (non-hydrogen) atoms. The average molecular weight is 497 g/mol. The normalized spacial score (nSPS) is 11.1. The number of carbonyl (C=O) groups is 1. The summed E-state index contributed by atoms with van der Waals surface area (Å²) < 4.78 is 16.0. The maximum absolute atomic E-state index is 13.8. The van der Waals surface area contributed by atoms with Crippen molar-refractivity contribution in [1.82, 2.24) is 19.9 Å². The molecule has 180 valence electrons. The van der Waals surface area contributed by atoms with Crippen molar-refractivity contribution in [1.29, 1.82) is 0 Å². The van der Waals surface area contributed by atoms with Crippen LogP contribution in [0, 0.1) is 12.7 Å². The molecule has 1 N–H and O–H groups in total. The molecule has 0 unspecified atom stereocenters. The van der Waals surface area contributed by atoms with Gasteiger partial charge in [-0.2, -0.15) is 0 Å². The molecule has 0 radical (unpaired) electrons. The Kier molecular flexibility index (Phi) is 7.09. The molecule has 5 aromatic rings. The average Bonchev–Trinajstić information content (AvgIpc) is 3.25. The van der Waals surface area contributed by atoms with Crippen LogP contribution in [0.25, 0.3) is 11.0 Å². The second kappa shape index (κ2) is 10.7. The van der Waals surface area contributed by atoms with Crippen LogP contribution in [0.4, 0.5) is 4.39 Å². The predicted molar refractivity (Wildman–Crippen MR) is 141 cm³/mol. The summed E-state index contributed by atoms with van der Waals surface area (Å²) in [5, 5.41) is 3.71. The third kappa shape index (κ3) is 5.47. The minimum atomic E-state index is -0.328. The predicted octanol–water partition coefficient (Wildman–Crippen LogP) is 6.15. The van der Waals surface area contributed by atoms with Gasteiger partial charge in [-0.15, -0.1) is 0 Å². The lowest BCUT2D eigenvalue weighted by Crippen LogP contribution is -2.23. The minimum absolute atomic E-state index is 0.142. The van der Waals surface area contributed by atoms with Crippen molar-refractivity contribution in [2.75, 3.05) is 0 Å². The summed E-state index contributed by atoms with van der Waals surface area (Å²) in [6, 6.07) is 24.4. The summed E-state index contributed by atoms with van der Waals surface area (Å²) >= 11 is 1.69. The molecular weight excluding hydrogens is 471 g/mol. The molecule has 5 rings (SSSR count). The van der Waals surface area contributed by atoms with Crippen molar-refractivity contribution in [3.63, 3.8) is 0 Å². The van der Waals surface area contributed by atoms with E-state index >= 15 is 0 Å². The molecule has 0 aliphatic rings. The largest absolute Gasteiger partial charge is 0.348 e. The molecule has 0 aliphatic carbocycles. The summed E-state index contributed by atoms with van der Waals surface area (Å²) in [5.41, 5.74) is 6.39. The number of aryl methyl sites for hydroxylation is 1. The number of hydrogen-bond donors (Lipinski definition) is 1. The number of halogens is 1. The first kappa shape index (κ1) is 23.8. The van der Waals surface area contributed by atoms with Crippen molar-refractivity contribution in [2.45, 2.75) is 30.9 Å². The van der Waals surface area contributed by atoms with Crippen molar-refractivity contribution in [2.24, 2.45) is 0 Å². The SMILES string of the molecule is Cc1ccc(CSc2nc3ccncc3n2Cc2ccc(C(=O)NCc3ccccc3F)cc2)cc1. The lowest BCUT2D eigenvalue weighted by atomic mass is 10.1. The van der Waals surface area contributed by atoms with Gasteiger partial charge in [-0.25, -0.2) is 9.37 Å². The van der Waals surface area contributed by atoms with Crippen LogP contribution in [0.3, 0.4) is 0 Å². The van der Waals surface area contributed by atoms with E-state index in [1.165, 1.54) is 17.2 Å². The summed E-state index contributed by atoms with van der Waals surface area (Å²) in [4.78, 5) is 21.7. The highest BCUT2D eigenvalue weighted by molar-refractivity contribution is 7.98. The zero-order valence-corrected chi connectivity index (χ0v) is 20.6. The topological polar surface area (TPSA) is 59.8 Å². The van der Waals surface area contributed by atoms with Crippen molar-refractivity contribution >= 4 is 28.7 Å². The molecule has 0 aliphatic heterocycles. The number of aromatic nitrogens is 3. The molecule has 0 saturated carbocycles. The van der Waals surface area contributed by atoms with Crippen LogP contribution < -0.4 is 5.32 Å². The number of thioether (sulfide) groups is 1. The van der Waals surface area contributed by atoms with Crippen molar-refractivity contribution in [3.8, 4) is 0 Å². The van der Waals surface area contributed by atoms with Gasteiger partial charge in [0.25, 0.3) is 5.91 Å². The number of imidazole rings is 1. The van der Waals surface area contributed by atoms with Gasteiger partial charge in [0.15, 0.2) is 5.16 Å². The van der Waals surface area contributed by atoms with Gasteiger partial charge in [-0.05, 0) is 42.3 Å². The fraction of sp³-hybridized carbons (Fsp3) is 0.138. The zero-order chi connectivity index (χ0) is 24.9. The van der Waals surface area contributed by atoms with Gasteiger partial charge in [-0.3, -0.25) is 9.78 Å². The highest BCUT2D eigenvalue weighted by Crippen LogP contribution is 2.27. The molecule has 0 bridgehead atoms. The van der Waals surface area contributed by atoms with E-state index in [1.807, 2.05) is 24.4 Å². The van der Waals surface area contributed by atoms with E-state index in [-0.39, 0.29) is 18.3 Å². The standard InChI is InChI=1S/C29H25FN4OS/c1-20-6-8-22(9-7-20)19-36-29-33-26-14-15-31-17-27(26)34(29)18-21-10-12-23(13-11-21)28(35)32-16-24-4-2-3-5-25(24)30/h2-15,17H,16,18-19H2,1H3,(H,32,35). The summed E-state index contributed by atoms with van der Waals surface area (Å²) in [6.45, 7) is 2.83. The van der Waals surface area contributed by atoms with Gasteiger partial charge in [0.05, 0.1) is 23.8 Å². The van der Waals surface area contributed by atoms with Gasteiger partial charge in [0.1, 0.15) is 5.82 Å². The lowest BCUT2D eigenvalue weighted by Gasteiger charge is -2.10. The number of nitrogens with zero attached hydrogens (tertiary/aromatic N) is 3. The molecule has 5 nitrogen and oxygen atoms in total. The first-order valence-corrected chi connectivity index (χ1v) is 12.6. The number of fused-ring (bicyclic) bond motifs is 1. The van der Waals surface area contributed by atoms with Gasteiger partial charge in [-0.1, -0.05) is 71.9 Å². The van der Waals surface area contributed by atoms with E-state index in [2.05, 4.69) is 46.1 Å². The van der Waals surface area contributed by atoms with Gasteiger partial charge >= 0.3 is 0 Å². The molecular formula is C29H25FN4OS. The number of carbonyl (C=O) groups excluding carboxylic acids is 1. The van der Waals surface area contributed by atoms with Gasteiger partial charge in [0.2, 0.25) is 0 Å². The Morgan fingerprint density at radius 3 is 2.50 bits per heavy atom. The number of rotatable bonds is 8. The van der Waals surface area contributed by atoms with Crippen LogP contribution in [-0.4, -0.2) is 20.4 Å². The monoisotopic (exact) mass is 496 g/mol. The van der Waals surface area contributed by atoms with E-state index in [0.29, 0.717) is 17.7 Å². The van der Waals surface area contributed by atoms with Crippen LogP contribution >= 0.6 is 11.8 Å². The molecule has 7 heteroatoms. The Morgan fingerprint density at radius 1 is 0.972 bits per heavy atom. The Labute approximate surface area is 213 Å². The molecule has 1 amide bonds. The molecule has 0 atom stereocenters. The second-order valence-electron chi connectivity index (χ2n) is 8.59. The number of pyridine rings is 1. The van der Waals surface area contributed by atoms with Gasteiger partial charge in [0, 0.05) is 29.6 Å². The molecule has 2 aromatic heterocycles. The smallest absolute Gasteiger partial charge is 0.251 e. The zero-order valence-electron chi connectivity index (χ0n) is 19.8. The Bertz CT molecular complexity index is 1500. The molecule has 3 aromatic carbocycles. The number of nitrogens with one attached hydrogen (secondary N) is 1. The maximum atomic E-state index is 13.8. The van der Waals surface area contributed by atoms with Crippen LogP contribution in [0.15, 0.2) is 96.4 Å². The first-order valence-electron chi connectivity index (χ1n) is 11.7. The third-order valence-electron chi connectivity index (χ3n) is 5.96. The van der Waals surface area contributed by atoms with E-state index in [4.69, 9.17) is 4.98 Å². The summed E-state index contributed by atoms with van der Waals surface area (Å²) in [5.74, 6) is 0.251. The molecule has 0 spiro atoms. The van der Waals surface area contributed by atoms with Crippen LogP contribution in [0.5, 0.6) is 0 Å². The lowest BCUT2D eigenvalue weighted by molar-refractivity contribution is 0.0950. The highest BCUT2D eigenvalue weighted by Gasteiger charge is 2.13.